The molecule has 0 radical (unpaired) electrons. The van der Waals surface area contributed by atoms with Gasteiger partial charge in [0.05, 0.1) is 0 Å². The van der Waals surface area contributed by atoms with Crippen LogP contribution in [0.15, 0.2) is 18.2 Å². The highest BCUT2D eigenvalue weighted by Gasteiger charge is 2.20. The zero-order valence-corrected chi connectivity index (χ0v) is 10.4. The van der Waals surface area contributed by atoms with E-state index >= 15 is 0 Å². The summed E-state index contributed by atoms with van der Waals surface area (Å²) in [6.45, 7) is 2.10. The van der Waals surface area contributed by atoms with Crippen LogP contribution in [0.1, 0.15) is 12.5 Å². The molecule has 0 spiro atoms. The van der Waals surface area contributed by atoms with Gasteiger partial charge in [-0.25, -0.2) is 9.59 Å². The summed E-state index contributed by atoms with van der Waals surface area (Å²) in [5.74, 6) is -1.80. The van der Waals surface area contributed by atoms with E-state index in [2.05, 4.69) is 10.6 Å². The second-order valence-corrected chi connectivity index (χ2v) is 3.92. The molecule has 1 aromatic carbocycles. The van der Waals surface area contributed by atoms with Crippen LogP contribution in [0.5, 0.6) is 11.5 Å². The quantitative estimate of drug-likeness (QED) is 0.496. The fraction of sp³-hybridized carbons (Fsp3) is 0.333. The Labute approximate surface area is 109 Å². The van der Waals surface area contributed by atoms with E-state index in [-0.39, 0.29) is 17.9 Å². The van der Waals surface area contributed by atoms with Gasteiger partial charge in [-0.15, -0.1) is 0 Å². The highest BCUT2D eigenvalue weighted by molar-refractivity contribution is 5.82. The van der Waals surface area contributed by atoms with Gasteiger partial charge in [0, 0.05) is 13.0 Å². The maximum atomic E-state index is 11.3. The molecule has 0 bridgehead atoms. The lowest BCUT2D eigenvalue weighted by Gasteiger charge is -2.15. The second-order valence-electron chi connectivity index (χ2n) is 3.92. The van der Waals surface area contributed by atoms with E-state index < -0.39 is 18.0 Å². The molecule has 7 heteroatoms. The van der Waals surface area contributed by atoms with E-state index in [4.69, 9.17) is 10.2 Å². The predicted molar refractivity (Wildman–Crippen MR) is 67.1 cm³/mol. The van der Waals surface area contributed by atoms with E-state index in [1.54, 1.807) is 6.92 Å². The highest BCUT2D eigenvalue weighted by Crippen LogP contribution is 2.25. The number of nitrogens with one attached hydrogen (secondary N) is 2. The molecule has 0 saturated carbocycles. The third-order valence-electron chi connectivity index (χ3n) is 2.42. The van der Waals surface area contributed by atoms with E-state index in [1.807, 2.05) is 0 Å². The number of benzene rings is 1. The lowest BCUT2D eigenvalue weighted by atomic mass is 10.1. The molecule has 1 rings (SSSR count). The first-order valence-electron chi connectivity index (χ1n) is 5.72. The van der Waals surface area contributed by atoms with Crippen molar-refractivity contribution in [2.75, 3.05) is 6.54 Å². The molecule has 19 heavy (non-hydrogen) atoms. The van der Waals surface area contributed by atoms with Crippen molar-refractivity contribution in [3.05, 3.63) is 23.8 Å². The summed E-state index contributed by atoms with van der Waals surface area (Å²) >= 11 is 0. The molecular weight excluding hydrogens is 252 g/mol. The van der Waals surface area contributed by atoms with Crippen molar-refractivity contribution < 1.29 is 24.9 Å². The first-order chi connectivity index (χ1) is 8.93. The number of urea groups is 1. The Morgan fingerprint density at radius 1 is 1.26 bits per heavy atom. The first-order valence-corrected chi connectivity index (χ1v) is 5.72. The van der Waals surface area contributed by atoms with Crippen LogP contribution in [-0.4, -0.2) is 39.9 Å². The van der Waals surface area contributed by atoms with Crippen LogP contribution in [0.2, 0.25) is 0 Å². The number of rotatable bonds is 5. The maximum absolute atomic E-state index is 11.3. The van der Waals surface area contributed by atoms with Gasteiger partial charge < -0.3 is 26.0 Å². The van der Waals surface area contributed by atoms with Gasteiger partial charge in [0.2, 0.25) is 0 Å². The van der Waals surface area contributed by atoms with Gasteiger partial charge in [-0.2, -0.15) is 0 Å². The summed E-state index contributed by atoms with van der Waals surface area (Å²) in [7, 11) is 0. The molecule has 0 aliphatic carbocycles. The Morgan fingerprint density at radius 2 is 1.95 bits per heavy atom. The predicted octanol–water partition coefficient (Wildman–Crippen LogP) is 0.413. The molecule has 104 valence electrons. The molecule has 1 atom stereocenters. The maximum Gasteiger partial charge on any atom is 0.326 e. The number of hydrogen-bond acceptors (Lipinski definition) is 4. The summed E-state index contributed by atoms with van der Waals surface area (Å²) in [5.41, 5.74) is 0.486. The number of aromatic hydroxyl groups is 2. The summed E-state index contributed by atoms with van der Waals surface area (Å²) in [6.07, 6.45) is 0.000305. The van der Waals surface area contributed by atoms with Crippen molar-refractivity contribution in [2.24, 2.45) is 0 Å². The molecule has 0 aliphatic rings. The number of hydrogen-bond donors (Lipinski definition) is 5. The molecule has 0 heterocycles. The van der Waals surface area contributed by atoms with Gasteiger partial charge in [-0.1, -0.05) is 6.07 Å². The van der Waals surface area contributed by atoms with Crippen LogP contribution in [-0.2, 0) is 11.2 Å². The van der Waals surface area contributed by atoms with E-state index in [1.165, 1.54) is 18.2 Å². The summed E-state index contributed by atoms with van der Waals surface area (Å²) in [4.78, 5) is 22.3. The standard InChI is InChI=1S/C12H16N2O5/c1-2-13-12(19)14-8(11(17)18)5-7-3-4-9(15)10(16)6-7/h3-4,6,8,15-16H,2,5H2,1H3,(H,17,18)(H2,13,14,19)/t8-/m0/s1. The molecule has 0 unspecified atom stereocenters. The molecule has 7 nitrogen and oxygen atoms in total. The third kappa shape index (κ3) is 4.38. The van der Waals surface area contributed by atoms with Gasteiger partial charge in [0.15, 0.2) is 11.5 Å². The number of phenolic OH excluding ortho intramolecular Hbond substituents is 2. The average molecular weight is 268 g/mol. The highest BCUT2D eigenvalue weighted by atomic mass is 16.4. The van der Waals surface area contributed by atoms with Crippen LogP contribution in [0.25, 0.3) is 0 Å². The largest absolute Gasteiger partial charge is 0.504 e. The van der Waals surface area contributed by atoms with Gasteiger partial charge >= 0.3 is 12.0 Å². The summed E-state index contributed by atoms with van der Waals surface area (Å²) in [6, 6.07) is 2.30. The van der Waals surface area contributed by atoms with E-state index in [0.29, 0.717) is 12.1 Å². The minimum absolute atomic E-state index is 0.000305. The number of aliphatic carboxylic acids is 1. The lowest BCUT2D eigenvalue weighted by molar-refractivity contribution is -0.139. The van der Waals surface area contributed by atoms with Crippen molar-refractivity contribution in [3.8, 4) is 11.5 Å². The minimum Gasteiger partial charge on any atom is -0.504 e. The van der Waals surface area contributed by atoms with Gasteiger partial charge in [0.25, 0.3) is 0 Å². The van der Waals surface area contributed by atoms with Crippen molar-refractivity contribution in [3.63, 3.8) is 0 Å². The van der Waals surface area contributed by atoms with Crippen LogP contribution < -0.4 is 10.6 Å². The number of carbonyl (C=O) groups excluding carboxylic acids is 1. The van der Waals surface area contributed by atoms with Crippen LogP contribution >= 0.6 is 0 Å². The number of carboxylic acids is 1. The lowest BCUT2D eigenvalue weighted by Crippen LogP contribution is -2.47. The van der Waals surface area contributed by atoms with Gasteiger partial charge in [-0.3, -0.25) is 0 Å². The topological polar surface area (TPSA) is 119 Å². The molecule has 0 saturated heterocycles. The van der Waals surface area contributed by atoms with Gasteiger partial charge in [0.1, 0.15) is 6.04 Å². The van der Waals surface area contributed by atoms with Crippen LogP contribution in [0.4, 0.5) is 4.79 Å². The molecule has 2 amide bonds. The Kier molecular flexibility index (Phi) is 4.99. The number of amides is 2. The Hall–Kier alpha value is -2.44. The Bertz CT molecular complexity index is 475. The zero-order chi connectivity index (χ0) is 14.4. The Balaban J connectivity index is 2.75. The molecule has 1 aromatic rings. The van der Waals surface area contributed by atoms with Gasteiger partial charge in [-0.05, 0) is 24.6 Å². The third-order valence-corrected chi connectivity index (χ3v) is 2.42. The minimum atomic E-state index is -1.18. The normalized spacial score (nSPS) is 11.6. The Morgan fingerprint density at radius 3 is 2.47 bits per heavy atom. The molecule has 0 aromatic heterocycles. The first kappa shape index (κ1) is 14.6. The van der Waals surface area contributed by atoms with E-state index in [0.717, 1.165) is 0 Å². The van der Waals surface area contributed by atoms with Crippen molar-refractivity contribution in [1.29, 1.82) is 0 Å². The smallest absolute Gasteiger partial charge is 0.326 e. The molecule has 5 N–H and O–H groups in total. The fourth-order valence-corrected chi connectivity index (χ4v) is 1.50. The van der Waals surface area contributed by atoms with Crippen LogP contribution in [0, 0.1) is 0 Å². The SMILES string of the molecule is CCNC(=O)N[C@@H](Cc1ccc(O)c(O)c1)C(=O)O. The van der Waals surface area contributed by atoms with Crippen molar-refractivity contribution in [2.45, 2.75) is 19.4 Å². The zero-order valence-electron chi connectivity index (χ0n) is 10.4. The molecule has 0 fully saturated rings. The van der Waals surface area contributed by atoms with E-state index in [9.17, 15) is 14.7 Å². The fourth-order valence-electron chi connectivity index (χ4n) is 1.50. The molecule has 0 aliphatic heterocycles. The average Bonchev–Trinajstić information content (AvgIpc) is 2.33. The monoisotopic (exact) mass is 268 g/mol. The number of carbonyl (C=O) groups is 2. The number of carboxylic acid groups (broad SMARTS) is 1. The van der Waals surface area contributed by atoms with Crippen molar-refractivity contribution in [1.82, 2.24) is 10.6 Å². The summed E-state index contributed by atoms with van der Waals surface area (Å²) in [5, 5.41) is 32.2. The second kappa shape index (κ2) is 6.48. The van der Waals surface area contributed by atoms with Crippen LogP contribution in [0.3, 0.4) is 0 Å². The number of phenols is 2. The van der Waals surface area contributed by atoms with Crippen molar-refractivity contribution >= 4 is 12.0 Å². The molecular formula is C12H16N2O5. The summed E-state index contributed by atoms with van der Waals surface area (Å²) < 4.78 is 0.